The first kappa shape index (κ1) is 14.8. The van der Waals surface area contributed by atoms with Crippen molar-refractivity contribution < 1.29 is 17.9 Å². The highest BCUT2D eigenvalue weighted by molar-refractivity contribution is 7.92. The van der Waals surface area contributed by atoms with Gasteiger partial charge in [0.25, 0.3) is 10.0 Å². The van der Waals surface area contributed by atoms with Crippen LogP contribution < -0.4 is 4.72 Å². The molecule has 0 atom stereocenters. The number of nitrogens with one attached hydrogen (secondary N) is 1. The molecule has 0 radical (unpaired) electrons. The topological polar surface area (TPSA) is 66.4 Å². The van der Waals surface area contributed by atoms with Crippen molar-refractivity contribution in [2.75, 3.05) is 4.72 Å². The van der Waals surface area contributed by atoms with Crippen LogP contribution in [0.2, 0.25) is 5.02 Å². The maximum Gasteiger partial charge on any atom is 0.262 e. The number of halogens is 2. The first-order valence-electron chi connectivity index (χ1n) is 5.60. The summed E-state index contributed by atoms with van der Waals surface area (Å²) in [6.07, 6.45) is 0. The predicted molar refractivity (Wildman–Crippen MR) is 74.6 cm³/mol. The molecule has 0 saturated heterocycles. The van der Waals surface area contributed by atoms with E-state index in [0.29, 0.717) is 0 Å². The molecule has 106 valence electrons. The number of rotatable bonds is 4. The fourth-order valence-electron chi connectivity index (χ4n) is 1.67. The van der Waals surface area contributed by atoms with Gasteiger partial charge in [-0.05, 0) is 29.8 Å². The lowest BCUT2D eigenvalue weighted by Crippen LogP contribution is -2.15. The molecule has 0 aliphatic heterocycles. The highest BCUT2D eigenvalue weighted by atomic mass is 35.5. The fraction of sp³-hybridized carbons (Fsp3) is 0.0769. The second-order valence-electron chi connectivity index (χ2n) is 4.00. The number of hydrogen-bond acceptors (Lipinski definition) is 3. The van der Waals surface area contributed by atoms with Crippen molar-refractivity contribution in [3.05, 3.63) is 58.9 Å². The Bertz CT molecular complexity index is 734. The van der Waals surface area contributed by atoms with Gasteiger partial charge in [0.15, 0.2) is 0 Å². The Morgan fingerprint density at radius 3 is 2.55 bits per heavy atom. The Morgan fingerprint density at radius 1 is 1.20 bits per heavy atom. The minimum absolute atomic E-state index is 0.0389. The van der Waals surface area contributed by atoms with Crippen molar-refractivity contribution in [1.82, 2.24) is 0 Å². The highest BCUT2D eigenvalue weighted by Crippen LogP contribution is 2.23. The molecular weight excluding hydrogens is 305 g/mol. The smallest absolute Gasteiger partial charge is 0.262 e. The average Bonchev–Trinajstić information content (AvgIpc) is 2.42. The fourth-order valence-corrected chi connectivity index (χ4v) is 3.13. The highest BCUT2D eigenvalue weighted by Gasteiger charge is 2.18. The lowest BCUT2D eigenvalue weighted by atomic mass is 10.2. The summed E-state index contributed by atoms with van der Waals surface area (Å²) in [5.74, 6) is -0.634. The number of aliphatic hydroxyl groups excluding tert-OH is 1. The van der Waals surface area contributed by atoms with Crippen molar-refractivity contribution >= 4 is 27.3 Å². The van der Waals surface area contributed by atoms with Gasteiger partial charge in [-0.2, -0.15) is 0 Å². The summed E-state index contributed by atoms with van der Waals surface area (Å²) < 4.78 is 39.8. The van der Waals surface area contributed by atoms with Gasteiger partial charge in [0.05, 0.1) is 22.2 Å². The second-order valence-corrected chi connectivity index (χ2v) is 6.06. The molecule has 20 heavy (non-hydrogen) atoms. The third kappa shape index (κ3) is 3.09. The molecule has 4 nitrogen and oxygen atoms in total. The number of aliphatic hydroxyl groups is 1. The second kappa shape index (κ2) is 5.78. The average molecular weight is 316 g/mol. The largest absolute Gasteiger partial charge is 0.392 e. The van der Waals surface area contributed by atoms with Crippen LogP contribution in [-0.4, -0.2) is 13.5 Å². The third-order valence-corrected chi connectivity index (χ3v) is 4.38. The first-order valence-corrected chi connectivity index (χ1v) is 7.47. The molecule has 0 unspecified atom stereocenters. The summed E-state index contributed by atoms with van der Waals surface area (Å²) in [6.45, 7) is -0.402. The van der Waals surface area contributed by atoms with E-state index < -0.39 is 22.4 Å². The minimum Gasteiger partial charge on any atom is -0.392 e. The maximum absolute atomic E-state index is 13.0. The van der Waals surface area contributed by atoms with E-state index in [4.69, 9.17) is 16.7 Å². The molecule has 2 aromatic rings. The normalized spacial score (nSPS) is 11.3. The quantitative estimate of drug-likeness (QED) is 0.911. The zero-order chi connectivity index (χ0) is 14.8. The first-order chi connectivity index (χ1) is 9.44. The van der Waals surface area contributed by atoms with Gasteiger partial charge in [-0.3, -0.25) is 4.72 Å². The van der Waals surface area contributed by atoms with Crippen LogP contribution >= 0.6 is 11.6 Å². The summed E-state index contributed by atoms with van der Waals surface area (Å²) in [5.41, 5.74) is 0.414. The molecule has 0 aliphatic rings. The maximum atomic E-state index is 13.0. The van der Waals surface area contributed by atoms with Crippen molar-refractivity contribution in [2.24, 2.45) is 0 Å². The summed E-state index contributed by atoms with van der Waals surface area (Å²) in [6, 6.07) is 9.56. The molecule has 0 saturated carbocycles. The molecule has 0 aliphatic carbocycles. The van der Waals surface area contributed by atoms with Crippen molar-refractivity contribution in [3.63, 3.8) is 0 Å². The number of benzene rings is 2. The summed E-state index contributed by atoms with van der Waals surface area (Å²) in [4.78, 5) is -0.0389. The molecule has 0 bridgehead atoms. The van der Waals surface area contributed by atoms with E-state index >= 15 is 0 Å². The van der Waals surface area contributed by atoms with Crippen molar-refractivity contribution in [2.45, 2.75) is 11.5 Å². The monoisotopic (exact) mass is 315 g/mol. The zero-order valence-electron chi connectivity index (χ0n) is 10.2. The molecule has 0 aromatic heterocycles. The van der Waals surface area contributed by atoms with Crippen LogP contribution in [0, 0.1) is 5.82 Å². The lowest BCUT2D eigenvalue weighted by molar-refractivity contribution is 0.278. The van der Waals surface area contributed by atoms with Crippen molar-refractivity contribution in [3.8, 4) is 0 Å². The van der Waals surface area contributed by atoms with Gasteiger partial charge in [-0.15, -0.1) is 0 Å². The predicted octanol–water partition coefficient (Wildman–Crippen LogP) is 2.77. The van der Waals surface area contributed by atoms with E-state index in [0.717, 1.165) is 6.07 Å². The van der Waals surface area contributed by atoms with Gasteiger partial charge in [0.2, 0.25) is 0 Å². The van der Waals surface area contributed by atoms with Crippen LogP contribution in [0.4, 0.5) is 10.1 Å². The van der Waals surface area contributed by atoms with Gasteiger partial charge in [0, 0.05) is 0 Å². The van der Waals surface area contributed by atoms with Crippen LogP contribution in [0.1, 0.15) is 5.56 Å². The van der Waals surface area contributed by atoms with Crippen LogP contribution in [0.5, 0.6) is 0 Å². The molecule has 0 fully saturated rings. The van der Waals surface area contributed by atoms with Crippen LogP contribution in [0.25, 0.3) is 0 Å². The van der Waals surface area contributed by atoms with Gasteiger partial charge in [-0.1, -0.05) is 29.8 Å². The van der Waals surface area contributed by atoms with Gasteiger partial charge in [-0.25, -0.2) is 12.8 Å². The van der Waals surface area contributed by atoms with Gasteiger partial charge >= 0.3 is 0 Å². The summed E-state index contributed by atoms with van der Waals surface area (Å²) >= 11 is 5.60. The molecule has 2 N–H and O–H groups in total. The number of hydrogen-bond donors (Lipinski definition) is 2. The Kier molecular flexibility index (Phi) is 4.27. The Morgan fingerprint density at radius 2 is 1.90 bits per heavy atom. The standard InChI is InChI=1S/C13H11ClFNO3S/c14-11-7-10(5-6-12(11)15)16-20(18,19)13-4-2-1-3-9(13)8-17/h1-7,16-17H,8H2. The molecule has 0 amide bonds. The molecule has 0 heterocycles. The van der Waals surface area contributed by atoms with Gasteiger partial charge in [0.1, 0.15) is 5.82 Å². The molecule has 2 rings (SSSR count). The van der Waals surface area contributed by atoms with Gasteiger partial charge < -0.3 is 5.11 Å². The number of sulfonamides is 1. The summed E-state index contributed by atoms with van der Waals surface area (Å²) in [5, 5.41) is 8.99. The summed E-state index contributed by atoms with van der Waals surface area (Å²) in [7, 11) is -3.88. The van der Waals surface area contributed by atoms with E-state index in [-0.39, 0.29) is 21.2 Å². The molecule has 2 aromatic carbocycles. The lowest BCUT2D eigenvalue weighted by Gasteiger charge is -2.11. The van der Waals surface area contributed by atoms with E-state index in [1.165, 1.54) is 24.3 Å². The minimum atomic E-state index is -3.88. The molecular formula is C13H11ClFNO3S. The zero-order valence-corrected chi connectivity index (χ0v) is 11.7. The van der Waals surface area contributed by atoms with Crippen LogP contribution in [0.15, 0.2) is 47.4 Å². The van der Waals surface area contributed by atoms with E-state index in [1.807, 2.05) is 0 Å². The van der Waals surface area contributed by atoms with E-state index in [2.05, 4.69) is 4.72 Å². The molecule has 0 spiro atoms. The van der Waals surface area contributed by atoms with E-state index in [1.54, 1.807) is 12.1 Å². The molecule has 7 heteroatoms. The number of anilines is 1. The van der Waals surface area contributed by atoms with Crippen LogP contribution in [-0.2, 0) is 16.6 Å². The third-order valence-electron chi connectivity index (χ3n) is 2.60. The Balaban J connectivity index is 2.38. The SMILES string of the molecule is O=S(=O)(Nc1ccc(F)c(Cl)c1)c1ccccc1CO. The Labute approximate surface area is 120 Å². The van der Waals surface area contributed by atoms with Crippen molar-refractivity contribution in [1.29, 1.82) is 0 Å². The van der Waals surface area contributed by atoms with E-state index in [9.17, 15) is 12.8 Å². The van der Waals surface area contributed by atoms with Crippen LogP contribution in [0.3, 0.4) is 0 Å². The Hall–Kier alpha value is -1.63.